The lowest BCUT2D eigenvalue weighted by Crippen LogP contribution is -2.32. The van der Waals surface area contributed by atoms with Crippen molar-refractivity contribution >= 4 is 57.4 Å². The molecule has 0 fully saturated rings. The molecule has 0 saturated carbocycles. The van der Waals surface area contributed by atoms with E-state index in [1.807, 2.05) is 25.1 Å². The Bertz CT molecular complexity index is 714. The molecule has 0 atom stereocenters. The molecular weight excluding hydrogens is 340 g/mol. The normalized spacial score (nSPS) is 10.6. The molecule has 114 valence electrons. The molecule has 22 heavy (non-hydrogen) atoms. The van der Waals surface area contributed by atoms with Crippen LogP contribution < -0.4 is 10.6 Å². The minimum Gasteiger partial charge on any atom is -0.307 e. The fourth-order valence-corrected chi connectivity index (χ4v) is 2.65. The van der Waals surface area contributed by atoms with Gasteiger partial charge in [-0.25, -0.2) is 0 Å². The van der Waals surface area contributed by atoms with Crippen molar-refractivity contribution in [2.75, 3.05) is 5.32 Å². The third kappa shape index (κ3) is 4.87. The zero-order chi connectivity index (χ0) is 15.9. The summed E-state index contributed by atoms with van der Waals surface area (Å²) in [7, 11) is 0. The Kier molecular flexibility index (Phi) is 6.00. The van der Waals surface area contributed by atoms with Gasteiger partial charge in [-0.05, 0) is 36.3 Å². The van der Waals surface area contributed by atoms with Gasteiger partial charge in [0.1, 0.15) is 5.01 Å². The number of halogens is 1. The first-order chi connectivity index (χ1) is 10.6. The fourth-order valence-electron chi connectivity index (χ4n) is 1.50. The average molecular weight is 353 g/mol. The number of rotatable bonds is 4. The first-order valence-electron chi connectivity index (χ1n) is 6.45. The zero-order valence-corrected chi connectivity index (χ0v) is 14.1. The summed E-state index contributed by atoms with van der Waals surface area (Å²) in [5, 5.41) is 15.4. The minimum absolute atomic E-state index is 0.174. The monoisotopic (exact) mass is 352 g/mol. The number of hydrogen-bond acceptors (Lipinski definition) is 5. The lowest BCUT2D eigenvalue weighted by Gasteiger charge is -2.04. The first kappa shape index (κ1) is 16.5. The quantitative estimate of drug-likeness (QED) is 0.653. The molecule has 0 saturated heterocycles. The molecule has 0 aliphatic heterocycles. The van der Waals surface area contributed by atoms with Crippen LogP contribution >= 0.6 is 35.2 Å². The van der Waals surface area contributed by atoms with Crippen molar-refractivity contribution < 1.29 is 4.79 Å². The number of anilines is 1. The van der Waals surface area contributed by atoms with Gasteiger partial charge in [-0.3, -0.25) is 10.1 Å². The van der Waals surface area contributed by atoms with E-state index in [0.29, 0.717) is 10.2 Å². The molecule has 2 rings (SSSR count). The van der Waals surface area contributed by atoms with E-state index >= 15 is 0 Å². The Labute approximate surface area is 142 Å². The summed E-state index contributed by atoms with van der Waals surface area (Å²) in [6.45, 7) is 1.99. The molecule has 0 spiro atoms. The van der Waals surface area contributed by atoms with Crippen molar-refractivity contribution in [3.63, 3.8) is 0 Å². The predicted molar refractivity (Wildman–Crippen MR) is 94.1 cm³/mol. The minimum atomic E-state index is -0.349. The van der Waals surface area contributed by atoms with E-state index in [0.717, 1.165) is 17.0 Å². The molecule has 1 aromatic carbocycles. The van der Waals surface area contributed by atoms with Gasteiger partial charge < -0.3 is 5.32 Å². The van der Waals surface area contributed by atoms with Crippen molar-refractivity contribution in [1.29, 1.82) is 0 Å². The Balaban J connectivity index is 1.88. The number of nitrogens with zero attached hydrogens (tertiary/aromatic N) is 2. The predicted octanol–water partition coefficient (Wildman–Crippen LogP) is 3.28. The highest BCUT2D eigenvalue weighted by Crippen LogP contribution is 2.16. The molecule has 2 aromatic rings. The number of nitrogens with one attached hydrogen (secondary N) is 2. The van der Waals surface area contributed by atoms with Crippen LogP contribution in [-0.4, -0.2) is 21.2 Å². The second-order valence-electron chi connectivity index (χ2n) is 4.15. The number of carbonyl (C=O) groups is 1. The third-order valence-electron chi connectivity index (χ3n) is 2.55. The number of benzene rings is 1. The SMILES string of the molecule is CCc1nnc(NC(=S)NC(=O)/C=C/c2ccccc2Cl)s1. The second kappa shape index (κ2) is 7.98. The summed E-state index contributed by atoms with van der Waals surface area (Å²) in [5.41, 5.74) is 0.759. The summed E-state index contributed by atoms with van der Waals surface area (Å²) in [6.07, 6.45) is 3.80. The van der Waals surface area contributed by atoms with E-state index in [4.69, 9.17) is 23.8 Å². The zero-order valence-electron chi connectivity index (χ0n) is 11.7. The number of amides is 1. The Morgan fingerprint density at radius 3 is 2.86 bits per heavy atom. The molecule has 0 aliphatic carbocycles. The number of aromatic nitrogens is 2. The van der Waals surface area contributed by atoms with Gasteiger partial charge in [-0.15, -0.1) is 10.2 Å². The van der Waals surface area contributed by atoms with Crippen molar-refractivity contribution in [2.24, 2.45) is 0 Å². The number of hydrogen-bond donors (Lipinski definition) is 2. The van der Waals surface area contributed by atoms with Crippen LogP contribution in [0.1, 0.15) is 17.5 Å². The van der Waals surface area contributed by atoms with Crippen molar-refractivity contribution in [1.82, 2.24) is 15.5 Å². The Morgan fingerprint density at radius 1 is 1.41 bits per heavy atom. The van der Waals surface area contributed by atoms with Crippen LogP contribution in [0.3, 0.4) is 0 Å². The lowest BCUT2D eigenvalue weighted by atomic mass is 10.2. The van der Waals surface area contributed by atoms with E-state index in [-0.39, 0.29) is 11.0 Å². The van der Waals surface area contributed by atoms with Crippen molar-refractivity contribution in [2.45, 2.75) is 13.3 Å². The fraction of sp³-hybridized carbons (Fsp3) is 0.143. The molecular formula is C14H13ClN4OS2. The van der Waals surface area contributed by atoms with Crippen LogP contribution in [0.25, 0.3) is 6.08 Å². The van der Waals surface area contributed by atoms with Gasteiger partial charge in [0, 0.05) is 11.1 Å². The lowest BCUT2D eigenvalue weighted by molar-refractivity contribution is -0.115. The maximum absolute atomic E-state index is 11.8. The molecule has 2 N–H and O–H groups in total. The summed E-state index contributed by atoms with van der Waals surface area (Å²) in [5.74, 6) is -0.349. The summed E-state index contributed by atoms with van der Waals surface area (Å²) in [6, 6.07) is 7.24. The van der Waals surface area contributed by atoms with Crippen molar-refractivity contribution in [3.05, 3.63) is 45.9 Å². The Hall–Kier alpha value is -1.83. The van der Waals surface area contributed by atoms with Gasteiger partial charge in [-0.2, -0.15) is 0 Å². The van der Waals surface area contributed by atoms with E-state index < -0.39 is 0 Å². The summed E-state index contributed by atoms with van der Waals surface area (Å²) in [4.78, 5) is 11.8. The van der Waals surface area contributed by atoms with Gasteiger partial charge in [0.25, 0.3) is 0 Å². The van der Waals surface area contributed by atoms with E-state index in [1.165, 1.54) is 17.4 Å². The van der Waals surface area contributed by atoms with E-state index in [2.05, 4.69) is 20.8 Å². The molecule has 5 nitrogen and oxygen atoms in total. The van der Waals surface area contributed by atoms with Crippen LogP contribution in [0.2, 0.25) is 5.02 Å². The van der Waals surface area contributed by atoms with Gasteiger partial charge in [0.2, 0.25) is 11.0 Å². The molecule has 0 bridgehead atoms. The number of thiocarbonyl (C=S) groups is 1. The van der Waals surface area contributed by atoms with Gasteiger partial charge in [0.05, 0.1) is 0 Å². The van der Waals surface area contributed by atoms with Crippen LogP contribution in [0.15, 0.2) is 30.3 Å². The van der Waals surface area contributed by atoms with Crippen LogP contribution in [0, 0.1) is 0 Å². The Morgan fingerprint density at radius 2 is 2.18 bits per heavy atom. The van der Waals surface area contributed by atoms with Crippen molar-refractivity contribution in [3.8, 4) is 0 Å². The molecule has 0 radical (unpaired) electrons. The standard InChI is InChI=1S/C14H13ClN4OS2/c1-2-12-18-19-14(22-12)17-13(21)16-11(20)8-7-9-5-3-4-6-10(9)15/h3-8H,2H2,1H3,(H2,16,17,19,20,21)/b8-7+. The highest BCUT2D eigenvalue weighted by molar-refractivity contribution is 7.80. The molecule has 0 unspecified atom stereocenters. The molecule has 1 heterocycles. The number of carbonyl (C=O) groups excluding carboxylic acids is 1. The van der Waals surface area contributed by atoms with E-state index in [9.17, 15) is 4.79 Å². The third-order valence-corrected chi connectivity index (χ3v) is 4.08. The maximum atomic E-state index is 11.8. The highest BCUT2D eigenvalue weighted by Gasteiger charge is 2.06. The second-order valence-corrected chi connectivity index (χ2v) is 6.03. The van der Waals surface area contributed by atoms with Crippen LogP contribution in [0.4, 0.5) is 5.13 Å². The number of aryl methyl sites for hydroxylation is 1. The van der Waals surface area contributed by atoms with E-state index in [1.54, 1.807) is 12.1 Å². The topological polar surface area (TPSA) is 66.9 Å². The summed E-state index contributed by atoms with van der Waals surface area (Å²) < 4.78 is 0. The highest BCUT2D eigenvalue weighted by atomic mass is 35.5. The molecule has 1 amide bonds. The first-order valence-corrected chi connectivity index (χ1v) is 8.05. The summed E-state index contributed by atoms with van der Waals surface area (Å²) >= 11 is 12.4. The van der Waals surface area contributed by atoms with Crippen LogP contribution in [-0.2, 0) is 11.2 Å². The molecule has 1 aromatic heterocycles. The van der Waals surface area contributed by atoms with Gasteiger partial charge >= 0.3 is 0 Å². The smallest absolute Gasteiger partial charge is 0.250 e. The molecule has 0 aliphatic rings. The van der Waals surface area contributed by atoms with Gasteiger partial charge in [0.15, 0.2) is 5.11 Å². The maximum Gasteiger partial charge on any atom is 0.250 e. The average Bonchev–Trinajstić information content (AvgIpc) is 2.93. The van der Waals surface area contributed by atoms with Gasteiger partial charge in [-0.1, -0.05) is 48.1 Å². The largest absolute Gasteiger partial charge is 0.307 e. The molecule has 8 heteroatoms. The van der Waals surface area contributed by atoms with Crippen LogP contribution in [0.5, 0.6) is 0 Å².